The molecule has 0 saturated carbocycles. The fourth-order valence-corrected chi connectivity index (χ4v) is 0.530. The topological polar surface area (TPSA) is 98.0 Å². The summed E-state index contributed by atoms with van der Waals surface area (Å²) in [5.41, 5.74) is 0. The first kappa shape index (κ1) is 8.61. The van der Waals surface area contributed by atoms with E-state index in [1.54, 1.807) is 0 Å². The van der Waals surface area contributed by atoms with Gasteiger partial charge in [-0.1, -0.05) is 0 Å². The molecule has 0 radical (unpaired) electrons. The molecule has 0 aliphatic carbocycles. The molecule has 0 aromatic carbocycles. The van der Waals surface area contributed by atoms with Crippen LogP contribution in [0.15, 0.2) is 0 Å². The van der Waals surface area contributed by atoms with Gasteiger partial charge in [-0.05, 0) is 0 Å². The van der Waals surface area contributed by atoms with Gasteiger partial charge in [0.2, 0.25) is 0 Å². The van der Waals surface area contributed by atoms with E-state index in [9.17, 15) is 4.79 Å². The van der Waals surface area contributed by atoms with Crippen LogP contribution in [0.2, 0.25) is 0 Å². The van der Waals surface area contributed by atoms with Crippen molar-refractivity contribution >= 4 is 6.29 Å². The molecule has 0 amide bonds. The van der Waals surface area contributed by atoms with Crippen LogP contribution in [-0.2, 0) is 4.79 Å². The van der Waals surface area contributed by atoms with Crippen molar-refractivity contribution in [3.63, 3.8) is 0 Å². The largest absolute Gasteiger partial charge is 0.394 e. The number of aliphatic hydroxyl groups excluding tert-OH is 4. The summed E-state index contributed by atoms with van der Waals surface area (Å²) in [6.45, 7) is -0.732. The molecule has 0 aliphatic heterocycles. The second-order valence-corrected chi connectivity index (χ2v) is 2.06. The van der Waals surface area contributed by atoms with Crippen molar-refractivity contribution in [3.8, 4) is 0 Å². The predicted molar refractivity (Wildman–Crippen MR) is 35.8 cm³/mol. The fourth-order valence-electron chi connectivity index (χ4n) is 0.530. The average molecular weight is 165 g/mol. The van der Waals surface area contributed by atoms with Crippen molar-refractivity contribution in [2.24, 2.45) is 0 Å². The van der Waals surface area contributed by atoms with Crippen LogP contribution in [0.5, 0.6) is 0 Å². The monoisotopic (exact) mass is 165 g/mol. The molecule has 0 heterocycles. The number of hydrogen-bond donors (Lipinski definition) is 4. The van der Waals surface area contributed by atoms with Crippen LogP contribution in [0, 0.1) is 0 Å². The van der Waals surface area contributed by atoms with Gasteiger partial charge < -0.3 is 25.2 Å². The second-order valence-electron chi connectivity index (χ2n) is 2.06. The molecular weight excluding hydrogens is 152 g/mol. The van der Waals surface area contributed by atoms with Gasteiger partial charge in [-0.25, -0.2) is 0 Å². The minimum atomic E-state index is -1.68. The van der Waals surface area contributed by atoms with Crippen LogP contribution in [-0.4, -0.2) is 51.6 Å². The Kier molecular flexibility index (Phi) is 4.07. The number of aliphatic hydroxyl groups is 4. The van der Waals surface area contributed by atoms with Gasteiger partial charge >= 0.3 is 0 Å². The SMILES string of the molecule is [2H][C@@H](C=O)[C@@H](O)[C@H](O)[C@H](O)CO. The molecule has 0 aromatic heterocycles. The molecule has 0 rings (SSSR count). The fraction of sp³-hybridized carbons (Fsp3) is 0.833. The van der Waals surface area contributed by atoms with E-state index in [1.165, 1.54) is 0 Å². The van der Waals surface area contributed by atoms with Crippen LogP contribution >= 0.6 is 0 Å². The zero-order chi connectivity index (χ0) is 9.72. The third kappa shape index (κ3) is 3.43. The van der Waals surface area contributed by atoms with Gasteiger partial charge in [0.25, 0.3) is 0 Å². The van der Waals surface area contributed by atoms with E-state index in [-0.39, 0.29) is 6.29 Å². The molecule has 0 unspecified atom stereocenters. The minimum absolute atomic E-state index is 0.137. The zero-order valence-electron chi connectivity index (χ0n) is 6.79. The smallest absolute Gasteiger partial charge is 0.122 e. The van der Waals surface area contributed by atoms with Gasteiger partial charge in [-0.3, -0.25) is 0 Å². The first-order valence-corrected chi connectivity index (χ1v) is 3.07. The molecule has 0 spiro atoms. The molecule has 5 nitrogen and oxygen atoms in total. The standard InChI is InChI=1S/C6H12O5/c7-2-1-4(9)6(11)5(10)3-8/h2,4-6,8-11H,1,3H2/t4-,5-,6+/m1/s1/i1D/t1-,4+,5+,6-/m0. The first-order chi connectivity index (χ1) is 5.54. The first-order valence-electron chi connectivity index (χ1n) is 3.65. The lowest BCUT2D eigenvalue weighted by molar-refractivity contribution is -0.115. The quantitative estimate of drug-likeness (QED) is 0.342. The maximum atomic E-state index is 9.96. The molecule has 5 heteroatoms. The van der Waals surface area contributed by atoms with E-state index in [1.807, 2.05) is 0 Å². The van der Waals surface area contributed by atoms with E-state index in [4.69, 9.17) is 21.8 Å². The lowest BCUT2D eigenvalue weighted by Gasteiger charge is -2.19. The Labute approximate surface area is 65.3 Å². The number of carbonyl (C=O) groups excluding carboxylic acids is 1. The van der Waals surface area contributed by atoms with Gasteiger partial charge in [-0.15, -0.1) is 0 Å². The van der Waals surface area contributed by atoms with Crippen LogP contribution < -0.4 is 0 Å². The lowest BCUT2D eigenvalue weighted by atomic mass is 10.1. The third-order valence-corrected chi connectivity index (χ3v) is 1.21. The number of hydrogen-bond acceptors (Lipinski definition) is 5. The Hall–Kier alpha value is -0.490. The highest BCUT2D eigenvalue weighted by Gasteiger charge is 2.23. The highest BCUT2D eigenvalue weighted by Crippen LogP contribution is 2.01. The summed E-state index contributed by atoms with van der Waals surface area (Å²) in [6.07, 6.45) is -6.26. The Balaban J connectivity index is 4.07. The molecule has 0 aromatic rings. The Morgan fingerprint density at radius 3 is 2.27 bits per heavy atom. The van der Waals surface area contributed by atoms with Gasteiger partial charge in [0.1, 0.15) is 18.5 Å². The zero-order valence-corrected chi connectivity index (χ0v) is 5.79. The summed E-state index contributed by atoms with van der Waals surface area (Å²) in [5, 5.41) is 35.0. The van der Waals surface area contributed by atoms with Crippen LogP contribution in [0.1, 0.15) is 7.77 Å². The second kappa shape index (κ2) is 5.20. The molecule has 0 saturated heterocycles. The van der Waals surface area contributed by atoms with Gasteiger partial charge in [-0.2, -0.15) is 0 Å². The molecular formula is C6H12O5. The highest BCUT2D eigenvalue weighted by molar-refractivity contribution is 5.50. The van der Waals surface area contributed by atoms with Gasteiger partial charge in [0.15, 0.2) is 0 Å². The predicted octanol–water partition coefficient (Wildman–Crippen LogP) is -2.35. The summed E-state index contributed by atoms with van der Waals surface area (Å²) in [7, 11) is 0. The van der Waals surface area contributed by atoms with Crippen molar-refractivity contribution in [1.82, 2.24) is 0 Å². The third-order valence-electron chi connectivity index (χ3n) is 1.21. The van der Waals surface area contributed by atoms with Crippen molar-refractivity contribution in [1.29, 1.82) is 0 Å². The normalized spacial score (nSPS) is 23.1. The highest BCUT2D eigenvalue weighted by atomic mass is 16.4. The van der Waals surface area contributed by atoms with E-state index < -0.39 is 31.3 Å². The van der Waals surface area contributed by atoms with Crippen LogP contribution in [0.3, 0.4) is 0 Å². The van der Waals surface area contributed by atoms with E-state index >= 15 is 0 Å². The van der Waals surface area contributed by atoms with Crippen molar-refractivity contribution in [3.05, 3.63) is 0 Å². The van der Waals surface area contributed by atoms with Crippen LogP contribution in [0.25, 0.3) is 0 Å². The molecule has 0 fully saturated rings. The van der Waals surface area contributed by atoms with Crippen molar-refractivity contribution in [2.45, 2.75) is 24.7 Å². The van der Waals surface area contributed by atoms with Crippen molar-refractivity contribution in [2.75, 3.05) is 6.61 Å². The molecule has 0 bridgehead atoms. The number of carbonyl (C=O) groups is 1. The maximum Gasteiger partial charge on any atom is 0.122 e. The maximum absolute atomic E-state index is 9.96. The van der Waals surface area contributed by atoms with Gasteiger partial charge in [0.05, 0.1) is 12.7 Å². The summed E-state index contributed by atoms with van der Waals surface area (Å²) >= 11 is 0. The summed E-state index contributed by atoms with van der Waals surface area (Å²) in [4.78, 5) is 9.96. The Morgan fingerprint density at radius 1 is 1.36 bits per heavy atom. The molecule has 11 heavy (non-hydrogen) atoms. The van der Waals surface area contributed by atoms with E-state index in [0.29, 0.717) is 0 Å². The summed E-state index contributed by atoms with van der Waals surface area (Å²) < 4.78 is 6.85. The Morgan fingerprint density at radius 2 is 1.91 bits per heavy atom. The molecule has 4 N–H and O–H groups in total. The summed E-state index contributed by atoms with van der Waals surface area (Å²) in [6, 6.07) is 0. The van der Waals surface area contributed by atoms with Crippen LogP contribution in [0.4, 0.5) is 0 Å². The summed E-state index contributed by atoms with van der Waals surface area (Å²) in [5.74, 6) is 0. The molecule has 0 aliphatic rings. The lowest BCUT2D eigenvalue weighted by Crippen LogP contribution is -2.39. The average Bonchev–Trinajstić information content (AvgIpc) is 2.12. The number of aldehydes is 1. The van der Waals surface area contributed by atoms with Gasteiger partial charge in [0, 0.05) is 7.77 Å². The van der Waals surface area contributed by atoms with Crippen molar-refractivity contribution < 1.29 is 26.6 Å². The molecule has 4 atom stereocenters. The minimum Gasteiger partial charge on any atom is -0.394 e. The molecule has 66 valence electrons. The van der Waals surface area contributed by atoms with E-state index in [0.717, 1.165) is 0 Å². The van der Waals surface area contributed by atoms with E-state index in [2.05, 4.69) is 0 Å². The number of rotatable bonds is 5. The Bertz CT molecular complexity index is 142.